The molecule has 1 N–H and O–H groups in total. The molecule has 5 rings (SSSR count). The number of aliphatic hydroxyl groups is 1. The first kappa shape index (κ1) is 19.4. The van der Waals surface area contributed by atoms with Crippen LogP contribution in [0.1, 0.15) is 48.0 Å². The van der Waals surface area contributed by atoms with E-state index < -0.39 is 5.60 Å². The molecule has 30 heavy (non-hydrogen) atoms. The second-order valence-corrected chi connectivity index (χ2v) is 8.89. The molecule has 3 aromatic rings. The zero-order chi connectivity index (χ0) is 21.0. The Morgan fingerprint density at radius 1 is 1.30 bits per heavy atom. The summed E-state index contributed by atoms with van der Waals surface area (Å²) in [7, 11) is 1.72. The molecule has 0 aromatic carbocycles. The maximum absolute atomic E-state index is 12.8. The van der Waals surface area contributed by atoms with Crippen LogP contribution in [0.15, 0.2) is 26.3 Å². The van der Waals surface area contributed by atoms with Crippen LogP contribution in [-0.4, -0.2) is 58.9 Å². The van der Waals surface area contributed by atoms with Gasteiger partial charge in [0.2, 0.25) is 5.76 Å². The summed E-state index contributed by atoms with van der Waals surface area (Å²) in [5, 5.41) is 15.2. The van der Waals surface area contributed by atoms with E-state index in [1.54, 1.807) is 16.6 Å². The third-order valence-corrected chi connectivity index (χ3v) is 6.74. The van der Waals surface area contributed by atoms with Gasteiger partial charge < -0.3 is 14.4 Å². The SMILES string of the molecule is Cn1nc2c(=O)n(CC3(O)CCN(C(=O)c4cnc(C5CC5)o4)CC3)cnc2c1Br. The van der Waals surface area contributed by atoms with Crippen LogP contribution in [0.5, 0.6) is 0 Å². The van der Waals surface area contributed by atoms with Crippen molar-refractivity contribution in [1.29, 1.82) is 0 Å². The molecule has 1 aliphatic carbocycles. The highest BCUT2D eigenvalue weighted by Crippen LogP contribution is 2.39. The molecule has 3 aromatic heterocycles. The molecule has 2 aliphatic rings. The van der Waals surface area contributed by atoms with E-state index in [4.69, 9.17) is 4.42 Å². The van der Waals surface area contributed by atoms with Crippen LogP contribution in [0.25, 0.3) is 11.0 Å². The van der Waals surface area contributed by atoms with E-state index in [2.05, 4.69) is 31.0 Å². The first-order valence-corrected chi connectivity index (χ1v) is 10.7. The van der Waals surface area contributed by atoms with Gasteiger partial charge >= 0.3 is 0 Å². The number of fused-ring (bicyclic) bond motifs is 1. The van der Waals surface area contributed by atoms with Gasteiger partial charge in [-0.05, 0) is 41.6 Å². The Kier molecular flexibility index (Phi) is 4.55. The minimum absolute atomic E-state index is 0.0964. The van der Waals surface area contributed by atoms with Gasteiger partial charge in [-0.25, -0.2) is 9.97 Å². The molecule has 1 amide bonds. The van der Waals surface area contributed by atoms with Crippen molar-refractivity contribution in [1.82, 2.24) is 29.2 Å². The van der Waals surface area contributed by atoms with Crippen LogP contribution in [0.2, 0.25) is 0 Å². The number of piperidine rings is 1. The Labute approximate surface area is 179 Å². The Hall–Kier alpha value is -2.53. The summed E-state index contributed by atoms with van der Waals surface area (Å²) in [5.41, 5.74) is -0.672. The zero-order valence-electron chi connectivity index (χ0n) is 16.4. The van der Waals surface area contributed by atoms with Gasteiger partial charge in [-0.3, -0.25) is 18.8 Å². The minimum atomic E-state index is -1.11. The third-order valence-electron chi connectivity index (χ3n) is 5.85. The van der Waals surface area contributed by atoms with Crippen molar-refractivity contribution >= 4 is 32.9 Å². The lowest BCUT2D eigenvalue weighted by molar-refractivity contribution is -0.0304. The first-order valence-electron chi connectivity index (χ1n) is 9.90. The maximum Gasteiger partial charge on any atom is 0.291 e. The Morgan fingerprint density at radius 3 is 2.73 bits per heavy atom. The molecular formula is C19H21BrN6O4. The number of aromatic nitrogens is 5. The average molecular weight is 477 g/mol. The molecule has 0 radical (unpaired) electrons. The van der Waals surface area contributed by atoms with E-state index in [9.17, 15) is 14.7 Å². The van der Waals surface area contributed by atoms with Crippen molar-refractivity contribution in [3.8, 4) is 0 Å². The number of rotatable bonds is 4. The molecule has 158 valence electrons. The second-order valence-electron chi connectivity index (χ2n) is 8.14. The summed E-state index contributed by atoms with van der Waals surface area (Å²) in [6.45, 7) is 0.835. The van der Waals surface area contributed by atoms with E-state index in [-0.39, 0.29) is 29.3 Å². The monoisotopic (exact) mass is 476 g/mol. The molecule has 0 spiro atoms. The number of hydrogen-bond acceptors (Lipinski definition) is 7. The third kappa shape index (κ3) is 3.35. The molecule has 2 fully saturated rings. The molecule has 0 unspecified atom stereocenters. The fourth-order valence-electron chi connectivity index (χ4n) is 3.84. The van der Waals surface area contributed by atoms with Gasteiger partial charge in [0.15, 0.2) is 11.4 Å². The predicted octanol–water partition coefficient (Wildman–Crippen LogP) is 1.43. The predicted molar refractivity (Wildman–Crippen MR) is 109 cm³/mol. The molecule has 0 bridgehead atoms. The Bertz CT molecular complexity index is 1190. The quantitative estimate of drug-likeness (QED) is 0.604. The Morgan fingerprint density at radius 2 is 2.03 bits per heavy atom. The smallest absolute Gasteiger partial charge is 0.291 e. The fourth-order valence-corrected chi connectivity index (χ4v) is 4.21. The van der Waals surface area contributed by atoms with Gasteiger partial charge in [-0.1, -0.05) is 0 Å². The van der Waals surface area contributed by atoms with Gasteiger partial charge in [-0.15, -0.1) is 0 Å². The van der Waals surface area contributed by atoms with Crippen LogP contribution in [0, 0.1) is 0 Å². The van der Waals surface area contributed by atoms with Crippen LogP contribution < -0.4 is 5.56 Å². The molecule has 1 saturated heterocycles. The lowest BCUT2D eigenvalue weighted by Gasteiger charge is -2.38. The van der Waals surface area contributed by atoms with Crippen molar-refractivity contribution in [3.63, 3.8) is 0 Å². The molecule has 10 nitrogen and oxygen atoms in total. The number of aryl methyl sites for hydroxylation is 1. The number of oxazole rings is 1. The summed E-state index contributed by atoms with van der Waals surface area (Å²) in [5.74, 6) is 1.02. The van der Waals surface area contributed by atoms with Crippen LogP contribution in [0.4, 0.5) is 0 Å². The number of carbonyl (C=O) groups excluding carboxylic acids is 1. The van der Waals surface area contributed by atoms with Crippen molar-refractivity contribution < 1.29 is 14.3 Å². The number of carbonyl (C=O) groups is 1. The van der Waals surface area contributed by atoms with Gasteiger partial charge in [-0.2, -0.15) is 5.10 Å². The summed E-state index contributed by atoms with van der Waals surface area (Å²) in [6.07, 6.45) is 5.72. The molecule has 1 saturated carbocycles. The summed E-state index contributed by atoms with van der Waals surface area (Å²) in [4.78, 5) is 35.6. The van der Waals surface area contributed by atoms with Crippen molar-refractivity contribution in [2.75, 3.05) is 13.1 Å². The maximum atomic E-state index is 12.8. The minimum Gasteiger partial charge on any atom is -0.435 e. The van der Waals surface area contributed by atoms with E-state index in [0.717, 1.165) is 12.8 Å². The van der Waals surface area contributed by atoms with E-state index in [1.165, 1.54) is 17.1 Å². The highest BCUT2D eigenvalue weighted by molar-refractivity contribution is 9.10. The topological polar surface area (TPSA) is 119 Å². The lowest BCUT2D eigenvalue weighted by Crippen LogP contribution is -2.49. The number of likely N-dealkylation sites (tertiary alicyclic amines) is 1. The molecular weight excluding hydrogens is 456 g/mol. The standard InChI is InChI=1S/C19H21BrN6O4/c1-24-15(20)13-14(23-24)18(28)26(10-22-13)9-19(29)4-6-25(7-5-19)17(27)12-8-21-16(30-12)11-2-3-11/h8,10-11,29H,2-7,9H2,1H3. The van der Waals surface area contributed by atoms with Gasteiger partial charge in [0.25, 0.3) is 11.5 Å². The van der Waals surface area contributed by atoms with Crippen molar-refractivity contribution in [3.05, 3.63) is 39.1 Å². The second kappa shape index (κ2) is 7.02. The molecule has 11 heteroatoms. The summed E-state index contributed by atoms with van der Waals surface area (Å²) >= 11 is 3.36. The highest BCUT2D eigenvalue weighted by atomic mass is 79.9. The zero-order valence-corrected chi connectivity index (χ0v) is 18.0. The average Bonchev–Trinajstić information content (AvgIpc) is 3.39. The number of amides is 1. The van der Waals surface area contributed by atoms with E-state index in [1.807, 2.05) is 0 Å². The first-order chi connectivity index (χ1) is 14.3. The van der Waals surface area contributed by atoms with Crippen LogP contribution in [-0.2, 0) is 13.6 Å². The summed E-state index contributed by atoms with van der Waals surface area (Å²) < 4.78 is 9.16. The van der Waals surface area contributed by atoms with Gasteiger partial charge in [0.05, 0.1) is 24.7 Å². The lowest BCUT2D eigenvalue weighted by atomic mass is 9.91. The number of halogens is 1. The van der Waals surface area contributed by atoms with E-state index in [0.29, 0.717) is 47.9 Å². The van der Waals surface area contributed by atoms with E-state index >= 15 is 0 Å². The van der Waals surface area contributed by atoms with Gasteiger partial charge in [0, 0.05) is 26.1 Å². The normalized spacial score (nSPS) is 18.8. The fraction of sp³-hybridized carbons (Fsp3) is 0.526. The van der Waals surface area contributed by atoms with Crippen LogP contribution in [0.3, 0.4) is 0 Å². The van der Waals surface area contributed by atoms with Crippen LogP contribution >= 0.6 is 15.9 Å². The highest BCUT2D eigenvalue weighted by Gasteiger charge is 2.36. The number of hydrogen-bond donors (Lipinski definition) is 1. The largest absolute Gasteiger partial charge is 0.435 e. The Balaban J connectivity index is 1.28. The van der Waals surface area contributed by atoms with Gasteiger partial charge in [0.1, 0.15) is 10.1 Å². The van der Waals surface area contributed by atoms with Crippen molar-refractivity contribution in [2.45, 2.75) is 43.7 Å². The number of nitrogens with zero attached hydrogens (tertiary/aromatic N) is 6. The molecule has 1 aliphatic heterocycles. The summed E-state index contributed by atoms with van der Waals surface area (Å²) in [6, 6.07) is 0. The van der Waals surface area contributed by atoms with Crippen molar-refractivity contribution in [2.24, 2.45) is 7.05 Å². The molecule has 4 heterocycles. The molecule has 0 atom stereocenters.